The van der Waals surface area contributed by atoms with Crippen LogP contribution >= 0.6 is 0 Å². The zero-order valence-electron chi connectivity index (χ0n) is 16.5. The van der Waals surface area contributed by atoms with Gasteiger partial charge in [0.2, 0.25) is 0 Å². The van der Waals surface area contributed by atoms with Crippen molar-refractivity contribution < 1.29 is 19.1 Å². The molecule has 0 aliphatic carbocycles. The van der Waals surface area contributed by atoms with Crippen LogP contribution in [0, 0.1) is 5.41 Å². The molecule has 2 aromatic carbocycles. The summed E-state index contributed by atoms with van der Waals surface area (Å²) in [6.07, 6.45) is 0.757. The monoisotopic (exact) mass is 368 g/mol. The minimum absolute atomic E-state index is 0.358. The highest BCUT2D eigenvalue weighted by Crippen LogP contribution is 2.33. The first kappa shape index (κ1) is 20.7. The van der Waals surface area contributed by atoms with Gasteiger partial charge in [0.05, 0.1) is 11.1 Å². The molecule has 2 aromatic rings. The third-order valence-corrected chi connectivity index (χ3v) is 4.98. The zero-order chi connectivity index (χ0) is 19.9. The van der Waals surface area contributed by atoms with E-state index in [0.29, 0.717) is 17.5 Å². The van der Waals surface area contributed by atoms with Crippen LogP contribution in [0.25, 0.3) is 0 Å². The molecule has 2 unspecified atom stereocenters. The highest BCUT2D eigenvalue weighted by atomic mass is 16.6. The second kappa shape index (κ2) is 9.36. The van der Waals surface area contributed by atoms with Gasteiger partial charge in [0.1, 0.15) is 12.2 Å². The van der Waals surface area contributed by atoms with Crippen molar-refractivity contribution in [2.24, 2.45) is 5.41 Å². The van der Waals surface area contributed by atoms with E-state index in [-0.39, 0.29) is 18.0 Å². The molecule has 4 heteroatoms. The number of carbonyl (C=O) groups is 2. The maximum absolute atomic E-state index is 12.5. The molecule has 2 rings (SSSR count). The fourth-order valence-electron chi connectivity index (χ4n) is 2.83. The van der Waals surface area contributed by atoms with E-state index in [1.807, 2.05) is 39.8 Å². The van der Waals surface area contributed by atoms with Gasteiger partial charge >= 0.3 is 11.9 Å². The van der Waals surface area contributed by atoms with E-state index in [9.17, 15) is 9.59 Å². The molecule has 0 amide bonds. The third-order valence-electron chi connectivity index (χ3n) is 4.98. The highest BCUT2D eigenvalue weighted by Gasteiger charge is 2.39. The van der Waals surface area contributed by atoms with Crippen LogP contribution in [-0.4, -0.2) is 24.1 Å². The Labute approximate surface area is 161 Å². The number of carbonyl (C=O) groups excluding carboxylic acids is 2. The molecule has 144 valence electrons. The van der Waals surface area contributed by atoms with Crippen molar-refractivity contribution in [3.8, 4) is 0 Å². The molecule has 27 heavy (non-hydrogen) atoms. The van der Waals surface area contributed by atoms with Crippen molar-refractivity contribution in [3.63, 3.8) is 0 Å². The summed E-state index contributed by atoms with van der Waals surface area (Å²) in [5.41, 5.74) is 0.488. The molecule has 0 aliphatic heterocycles. The van der Waals surface area contributed by atoms with E-state index in [4.69, 9.17) is 9.47 Å². The second-order valence-electron chi connectivity index (χ2n) is 7.28. The molecule has 0 saturated heterocycles. The molecular formula is C23H28O4. The number of hydrogen-bond acceptors (Lipinski definition) is 4. The van der Waals surface area contributed by atoms with Crippen molar-refractivity contribution in [2.45, 2.75) is 52.7 Å². The van der Waals surface area contributed by atoms with Crippen LogP contribution < -0.4 is 0 Å². The van der Waals surface area contributed by atoms with Crippen LogP contribution in [0.2, 0.25) is 0 Å². The largest absolute Gasteiger partial charge is 0.458 e. The summed E-state index contributed by atoms with van der Waals surface area (Å²) < 4.78 is 11.5. The molecule has 4 nitrogen and oxygen atoms in total. The number of esters is 2. The minimum Gasteiger partial charge on any atom is -0.458 e. The Morgan fingerprint density at radius 2 is 1.30 bits per heavy atom. The molecular weight excluding hydrogens is 340 g/mol. The summed E-state index contributed by atoms with van der Waals surface area (Å²) in [5, 5.41) is 0. The summed E-state index contributed by atoms with van der Waals surface area (Å²) in [4.78, 5) is 24.9. The van der Waals surface area contributed by atoms with Crippen LogP contribution in [0.5, 0.6) is 0 Å². The van der Waals surface area contributed by atoms with E-state index >= 15 is 0 Å². The molecule has 0 spiro atoms. The van der Waals surface area contributed by atoms with Crippen LogP contribution in [0.3, 0.4) is 0 Å². The fraction of sp³-hybridized carbons (Fsp3) is 0.391. The average Bonchev–Trinajstić information content (AvgIpc) is 2.68. The lowest BCUT2D eigenvalue weighted by Gasteiger charge is -2.38. The highest BCUT2D eigenvalue weighted by molar-refractivity contribution is 5.90. The standard InChI is InChI=1S/C23H28O4/c1-5-12-20(27-22(25)19-15-10-7-11-16-19)23(3,4)17(2)26-21(24)18-13-8-6-9-14-18/h6-11,13-17,20H,5,12H2,1-4H3. The summed E-state index contributed by atoms with van der Waals surface area (Å²) in [5.74, 6) is -0.732. The quantitative estimate of drug-likeness (QED) is 0.595. The van der Waals surface area contributed by atoms with E-state index in [2.05, 4.69) is 0 Å². The number of hydrogen-bond donors (Lipinski definition) is 0. The predicted molar refractivity (Wildman–Crippen MR) is 106 cm³/mol. The lowest BCUT2D eigenvalue weighted by Crippen LogP contribution is -2.43. The van der Waals surface area contributed by atoms with Crippen LogP contribution in [0.1, 0.15) is 61.3 Å². The Balaban J connectivity index is 2.11. The average molecular weight is 368 g/mol. The molecule has 0 aliphatic rings. The number of benzene rings is 2. The first-order chi connectivity index (χ1) is 12.9. The summed E-state index contributed by atoms with van der Waals surface area (Å²) in [6, 6.07) is 17.8. The van der Waals surface area contributed by atoms with Crippen molar-refractivity contribution >= 4 is 11.9 Å². The van der Waals surface area contributed by atoms with Crippen molar-refractivity contribution in [1.82, 2.24) is 0 Å². The zero-order valence-corrected chi connectivity index (χ0v) is 16.5. The summed E-state index contributed by atoms with van der Waals surface area (Å²) >= 11 is 0. The molecule has 0 radical (unpaired) electrons. The van der Waals surface area contributed by atoms with E-state index in [1.54, 1.807) is 48.5 Å². The van der Waals surface area contributed by atoms with Gasteiger partial charge in [-0.25, -0.2) is 9.59 Å². The molecule has 0 saturated carbocycles. The Morgan fingerprint density at radius 3 is 1.74 bits per heavy atom. The first-order valence-corrected chi connectivity index (χ1v) is 9.38. The fourth-order valence-corrected chi connectivity index (χ4v) is 2.83. The summed E-state index contributed by atoms with van der Waals surface area (Å²) in [7, 11) is 0. The van der Waals surface area contributed by atoms with Gasteiger partial charge < -0.3 is 9.47 Å². The Bertz CT molecular complexity index is 737. The van der Waals surface area contributed by atoms with Gasteiger partial charge in [-0.05, 0) is 37.6 Å². The van der Waals surface area contributed by atoms with Gasteiger partial charge in [-0.2, -0.15) is 0 Å². The van der Waals surface area contributed by atoms with Crippen molar-refractivity contribution in [1.29, 1.82) is 0 Å². The second-order valence-corrected chi connectivity index (χ2v) is 7.28. The van der Waals surface area contributed by atoms with Gasteiger partial charge in [0.15, 0.2) is 0 Å². The minimum atomic E-state index is -0.537. The van der Waals surface area contributed by atoms with E-state index in [1.165, 1.54) is 0 Å². The summed E-state index contributed by atoms with van der Waals surface area (Å²) in [6.45, 7) is 7.82. The van der Waals surface area contributed by atoms with Gasteiger partial charge in [0, 0.05) is 5.41 Å². The van der Waals surface area contributed by atoms with Gasteiger partial charge in [-0.3, -0.25) is 0 Å². The lowest BCUT2D eigenvalue weighted by atomic mass is 9.79. The topological polar surface area (TPSA) is 52.6 Å². The van der Waals surface area contributed by atoms with Gasteiger partial charge in [-0.15, -0.1) is 0 Å². The van der Waals surface area contributed by atoms with Crippen molar-refractivity contribution in [2.75, 3.05) is 0 Å². The molecule has 0 aromatic heterocycles. The van der Waals surface area contributed by atoms with Crippen molar-refractivity contribution in [3.05, 3.63) is 71.8 Å². The SMILES string of the molecule is CCCC(OC(=O)c1ccccc1)C(C)(C)C(C)OC(=O)c1ccccc1. The maximum Gasteiger partial charge on any atom is 0.338 e. The maximum atomic E-state index is 12.5. The van der Waals surface area contributed by atoms with Crippen LogP contribution in [0.4, 0.5) is 0 Å². The normalized spacial score (nSPS) is 13.5. The molecule has 0 bridgehead atoms. The van der Waals surface area contributed by atoms with Gasteiger partial charge in [-0.1, -0.05) is 63.6 Å². The van der Waals surface area contributed by atoms with Gasteiger partial charge in [0.25, 0.3) is 0 Å². The van der Waals surface area contributed by atoms with Crippen LogP contribution in [0.15, 0.2) is 60.7 Å². The third kappa shape index (κ3) is 5.43. The van der Waals surface area contributed by atoms with E-state index < -0.39 is 11.5 Å². The number of ether oxygens (including phenoxy) is 2. The molecule has 0 fully saturated rings. The Hall–Kier alpha value is -2.62. The number of rotatable bonds is 8. The Morgan fingerprint density at radius 1 is 0.852 bits per heavy atom. The first-order valence-electron chi connectivity index (χ1n) is 9.38. The lowest BCUT2D eigenvalue weighted by molar-refractivity contribution is -0.0684. The predicted octanol–water partition coefficient (Wildman–Crippen LogP) is 5.28. The molecule has 2 atom stereocenters. The smallest absolute Gasteiger partial charge is 0.338 e. The molecule has 0 N–H and O–H groups in total. The van der Waals surface area contributed by atoms with Crippen LogP contribution in [-0.2, 0) is 9.47 Å². The Kier molecular flexibility index (Phi) is 7.17. The van der Waals surface area contributed by atoms with E-state index in [0.717, 1.165) is 6.42 Å². The molecule has 0 heterocycles.